The van der Waals surface area contributed by atoms with Gasteiger partial charge in [-0.05, 0) is 17.2 Å². The van der Waals surface area contributed by atoms with Crippen LogP contribution in [0.1, 0.15) is 11.1 Å². The summed E-state index contributed by atoms with van der Waals surface area (Å²) in [6.45, 7) is 0.346. The smallest absolute Gasteiger partial charge is 0.249 e. The molecule has 0 bridgehead atoms. The monoisotopic (exact) mass is 321 g/mol. The molecule has 3 aromatic rings. The van der Waals surface area contributed by atoms with Gasteiger partial charge in [0, 0.05) is 25.4 Å². The van der Waals surface area contributed by atoms with Crippen LogP contribution in [0, 0.1) is 0 Å². The number of para-hydroxylation sites is 1. The molecule has 0 unspecified atom stereocenters. The maximum atomic E-state index is 12.1. The summed E-state index contributed by atoms with van der Waals surface area (Å²) in [4.78, 5) is 16.2. The fourth-order valence-corrected chi connectivity index (χ4v) is 2.54. The van der Waals surface area contributed by atoms with Crippen LogP contribution in [0.5, 0.6) is 0 Å². The Kier molecular flexibility index (Phi) is 5.03. The van der Waals surface area contributed by atoms with Gasteiger partial charge in [0.25, 0.3) is 0 Å². The van der Waals surface area contributed by atoms with Crippen LogP contribution in [0.25, 0.3) is 5.69 Å². The number of hydrogen-bond donors (Lipinski definition) is 2. The van der Waals surface area contributed by atoms with E-state index in [1.165, 1.54) is 0 Å². The van der Waals surface area contributed by atoms with Crippen molar-refractivity contribution in [3.8, 4) is 5.69 Å². The van der Waals surface area contributed by atoms with Gasteiger partial charge < -0.3 is 15.0 Å². The van der Waals surface area contributed by atoms with Gasteiger partial charge in [0.15, 0.2) is 0 Å². The molecule has 1 atom stereocenters. The molecule has 2 aromatic carbocycles. The number of nitrogens with zero attached hydrogens (tertiary/aromatic N) is 2. The zero-order valence-corrected chi connectivity index (χ0v) is 13.2. The molecular formula is C19H19N3O2. The van der Waals surface area contributed by atoms with E-state index in [9.17, 15) is 9.90 Å². The topological polar surface area (TPSA) is 67.2 Å². The van der Waals surface area contributed by atoms with Crippen molar-refractivity contribution >= 4 is 5.91 Å². The summed E-state index contributed by atoms with van der Waals surface area (Å²) in [6.07, 6.45) is 4.51. The Morgan fingerprint density at radius 1 is 1.12 bits per heavy atom. The van der Waals surface area contributed by atoms with Crippen molar-refractivity contribution in [3.63, 3.8) is 0 Å². The van der Waals surface area contributed by atoms with Crippen molar-refractivity contribution in [2.45, 2.75) is 19.1 Å². The van der Waals surface area contributed by atoms with Crippen molar-refractivity contribution in [2.24, 2.45) is 0 Å². The van der Waals surface area contributed by atoms with Crippen LogP contribution in [-0.2, 0) is 17.8 Å². The quantitative estimate of drug-likeness (QED) is 0.730. The predicted molar refractivity (Wildman–Crippen MR) is 91.6 cm³/mol. The molecule has 0 spiro atoms. The number of aromatic nitrogens is 2. The number of amides is 1. The molecule has 2 N–H and O–H groups in total. The largest absolute Gasteiger partial charge is 0.383 e. The van der Waals surface area contributed by atoms with Gasteiger partial charge in [0.05, 0.1) is 12.0 Å². The van der Waals surface area contributed by atoms with Crippen LogP contribution in [0.2, 0.25) is 0 Å². The van der Waals surface area contributed by atoms with E-state index in [2.05, 4.69) is 10.3 Å². The van der Waals surface area contributed by atoms with E-state index in [4.69, 9.17) is 0 Å². The number of rotatable bonds is 6. The van der Waals surface area contributed by atoms with E-state index < -0.39 is 6.10 Å². The first-order valence-corrected chi connectivity index (χ1v) is 7.80. The normalized spacial score (nSPS) is 11.9. The third-order valence-corrected chi connectivity index (χ3v) is 3.80. The minimum absolute atomic E-state index is 0.301. The van der Waals surface area contributed by atoms with Gasteiger partial charge in [0.1, 0.15) is 6.10 Å². The Hall–Kier alpha value is -2.92. The van der Waals surface area contributed by atoms with E-state index in [0.717, 1.165) is 16.8 Å². The summed E-state index contributed by atoms with van der Waals surface area (Å²) in [5.41, 5.74) is 2.84. The van der Waals surface area contributed by atoms with Crippen molar-refractivity contribution < 1.29 is 9.90 Å². The van der Waals surface area contributed by atoms with E-state index in [1.807, 2.05) is 65.4 Å². The van der Waals surface area contributed by atoms with Crippen LogP contribution in [0.15, 0.2) is 73.3 Å². The molecule has 5 heteroatoms. The molecule has 0 saturated heterocycles. The fourth-order valence-electron chi connectivity index (χ4n) is 2.54. The predicted octanol–water partition coefficient (Wildman–Crippen LogP) is 2.09. The SMILES string of the molecule is O=C(NCc1ccccc1-n1ccnc1)[C@@H](O)Cc1ccccc1. The van der Waals surface area contributed by atoms with Crippen LogP contribution in [0.3, 0.4) is 0 Å². The second kappa shape index (κ2) is 7.57. The van der Waals surface area contributed by atoms with Crippen molar-refractivity contribution in [3.05, 3.63) is 84.4 Å². The average Bonchev–Trinajstić information content (AvgIpc) is 3.15. The minimum Gasteiger partial charge on any atom is -0.383 e. The Balaban J connectivity index is 1.63. The maximum Gasteiger partial charge on any atom is 0.249 e. The molecule has 0 saturated carbocycles. The third kappa shape index (κ3) is 3.88. The van der Waals surface area contributed by atoms with Gasteiger partial charge in [-0.25, -0.2) is 4.98 Å². The summed E-state index contributed by atoms with van der Waals surface area (Å²) in [7, 11) is 0. The highest BCUT2D eigenvalue weighted by atomic mass is 16.3. The zero-order valence-electron chi connectivity index (χ0n) is 13.2. The molecule has 0 aliphatic rings. The summed E-state index contributed by atoms with van der Waals surface area (Å²) in [5.74, 6) is -0.376. The summed E-state index contributed by atoms with van der Waals surface area (Å²) >= 11 is 0. The second-order valence-corrected chi connectivity index (χ2v) is 5.52. The Bertz CT molecular complexity index is 785. The van der Waals surface area contributed by atoms with E-state index in [0.29, 0.717) is 13.0 Å². The van der Waals surface area contributed by atoms with Crippen LogP contribution < -0.4 is 5.32 Å². The molecule has 1 heterocycles. The van der Waals surface area contributed by atoms with Crippen LogP contribution in [0.4, 0.5) is 0 Å². The molecule has 0 aliphatic carbocycles. The highest BCUT2D eigenvalue weighted by molar-refractivity contribution is 5.80. The molecule has 24 heavy (non-hydrogen) atoms. The van der Waals surface area contributed by atoms with Crippen LogP contribution >= 0.6 is 0 Å². The van der Waals surface area contributed by atoms with Crippen molar-refractivity contribution in [2.75, 3.05) is 0 Å². The van der Waals surface area contributed by atoms with Gasteiger partial charge >= 0.3 is 0 Å². The van der Waals surface area contributed by atoms with Gasteiger partial charge in [-0.1, -0.05) is 48.5 Å². The Morgan fingerprint density at radius 3 is 2.62 bits per heavy atom. The van der Waals surface area contributed by atoms with Gasteiger partial charge in [0.2, 0.25) is 5.91 Å². The summed E-state index contributed by atoms with van der Waals surface area (Å²) in [5, 5.41) is 12.9. The number of carbonyl (C=O) groups is 1. The summed E-state index contributed by atoms with van der Waals surface area (Å²) < 4.78 is 1.89. The standard InChI is InChI=1S/C19H19N3O2/c23-18(12-15-6-2-1-3-7-15)19(24)21-13-16-8-4-5-9-17(16)22-11-10-20-14-22/h1-11,14,18,23H,12-13H2,(H,21,24)/t18-/m0/s1. The highest BCUT2D eigenvalue weighted by Crippen LogP contribution is 2.14. The third-order valence-electron chi connectivity index (χ3n) is 3.80. The van der Waals surface area contributed by atoms with Crippen molar-refractivity contribution in [1.82, 2.24) is 14.9 Å². The molecule has 1 aromatic heterocycles. The molecule has 1 amide bonds. The van der Waals surface area contributed by atoms with E-state index >= 15 is 0 Å². The number of imidazole rings is 1. The molecule has 3 rings (SSSR count). The Morgan fingerprint density at radius 2 is 1.88 bits per heavy atom. The first kappa shape index (κ1) is 16.0. The summed E-state index contributed by atoms with van der Waals surface area (Å²) in [6, 6.07) is 17.2. The van der Waals surface area contributed by atoms with Gasteiger partial charge in [-0.15, -0.1) is 0 Å². The lowest BCUT2D eigenvalue weighted by Crippen LogP contribution is -2.35. The number of carbonyl (C=O) groups excluding carboxylic acids is 1. The first-order valence-electron chi connectivity index (χ1n) is 7.80. The van der Waals surface area contributed by atoms with E-state index in [1.54, 1.807) is 12.5 Å². The van der Waals surface area contributed by atoms with Gasteiger partial charge in [-0.2, -0.15) is 0 Å². The first-order chi connectivity index (χ1) is 11.7. The van der Waals surface area contributed by atoms with E-state index in [-0.39, 0.29) is 5.91 Å². The number of hydrogen-bond acceptors (Lipinski definition) is 3. The number of aliphatic hydroxyl groups excluding tert-OH is 1. The molecule has 5 nitrogen and oxygen atoms in total. The van der Waals surface area contributed by atoms with Gasteiger partial charge in [-0.3, -0.25) is 4.79 Å². The molecular weight excluding hydrogens is 302 g/mol. The average molecular weight is 321 g/mol. The van der Waals surface area contributed by atoms with Crippen molar-refractivity contribution in [1.29, 1.82) is 0 Å². The number of aliphatic hydroxyl groups is 1. The number of nitrogens with one attached hydrogen (secondary N) is 1. The lowest BCUT2D eigenvalue weighted by atomic mass is 10.1. The fraction of sp³-hybridized carbons (Fsp3) is 0.158. The maximum absolute atomic E-state index is 12.1. The highest BCUT2D eigenvalue weighted by Gasteiger charge is 2.15. The second-order valence-electron chi connectivity index (χ2n) is 5.52. The molecule has 122 valence electrons. The molecule has 0 radical (unpaired) electrons. The lowest BCUT2D eigenvalue weighted by Gasteiger charge is -2.14. The van der Waals surface area contributed by atoms with Crippen LogP contribution in [-0.4, -0.2) is 26.7 Å². The molecule has 0 aliphatic heterocycles. The zero-order chi connectivity index (χ0) is 16.8. The lowest BCUT2D eigenvalue weighted by molar-refractivity contribution is -0.129. The Labute approximate surface area is 140 Å². The minimum atomic E-state index is -1.06. The number of benzene rings is 2. The molecule has 0 fully saturated rings.